The van der Waals surface area contributed by atoms with E-state index in [1.807, 2.05) is 41.3 Å². The van der Waals surface area contributed by atoms with Crippen molar-refractivity contribution in [2.45, 2.75) is 23.8 Å². The first-order valence-electron chi connectivity index (χ1n) is 16.2. The maximum Gasteiger partial charge on any atom is 0.261 e. The number of carbonyl (C=O) groups is 1. The topological polar surface area (TPSA) is 114 Å². The monoisotopic (exact) mass is 735 g/mol. The van der Waals surface area contributed by atoms with Crippen LogP contribution in [0, 0.1) is 0 Å². The van der Waals surface area contributed by atoms with Gasteiger partial charge in [0.25, 0.3) is 10.0 Å². The van der Waals surface area contributed by atoms with Gasteiger partial charge in [-0.2, -0.15) is 0 Å². The Labute approximate surface area is 301 Å². The third-order valence-electron chi connectivity index (χ3n) is 8.98. The molecule has 260 valence electrons. The molecular weight excluding hydrogens is 701 g/mol. The maximum absolute atomic E-state index is 13.4. The van der Waals surface area contributed by atoms with Crippen molar-refractivity contribution in [1.82, 2.24) is 14.8 Å². The van der Waals surface area contributed by atoms with Crippen molar-refractivity contribution in [2.24, 2.45) is 0 Å². The summed E-state index contributed by atoms with van der Waals surface area (Å²) in [6.07, 6.45) is 4.69. The molecule has 0 saturated carbocycles. The predicted octanol–water partition coefficient (Wildman–Crippen LogP) is 5.95. The Morgan fingerprint density at radius 3 is 2.48 bits per heavy atom. The number of benzene rings is 3. The molecule has 0 aliphatic carbocycles. The lowest BCUT2D eigenvalue weighted by atomic mass is 10.0. The first-order chi connectivity index (χ1) is 24.2. The number of amides is 1. The van der Waals surface area contributed by atoms with E-state index in [4.69, 9.17) is 37.4 Å². The van der Waals surface area contributed by atoms with E-state index in [0.29, 0.717) is 31.3 Å². The van der Waals surface area contributed by atoms with Gasteiger partial charge in [0.1, 0.15) is 12.0 Å². The number of nitrogens with zero attached hydrogens (tertiary/aromatic N) is 4. The lowest BCUT2D eigenvalue weighted by Crippen LogP contribution is -2.54. The van der Waals surface area contributed by atoms with Crippen molar-refractivity contribution in [3.63, 3.8) is 0 Å². The highest BCUT2D eigenvalue weighted by Crippen LogP contribution is 2.33. The summed E-state index contributed by atoms with van der Waals surface area (Å²) in [5, 5.41) is 0.405. The zero-order valence-corrected chi connectivity index (χ0v) is 29.3. The minimum absolute atomic E-state index is 0.0181. The van der Waals surface area contributed by atoms with Gasteiger partial charge in [0, 0.05) is 44.5 Å². The number of fused-ring (bicyclic) bond motifs is 1. The second-order valence-electron chi connectivity index (χ2n) is 12.2. The average molecular weight is 737 g/mol. The van der Waals surface area contributed by atoms with Crippen molar-refractivity contribution in [2.75, 3.05) is 55.7 Å². The molecule has 3 aliphatic heterocycles. The van der Waals surface area contributed by atoms with E-state index in [2.05, 4.69) is 31.6 Å². The lowest BCUT2D eigenvalue weighted by molar-refractivity contribution is -0.131. The van der Waals surface area contributed by atoms with Crippen LogP contribution in [0.15, 0.2) is 102 Å². The first kappa shape index (κ1) is 34.0. The Bertz CT molecular complexity index is 1990. The second kappa shape index (κ2) is 14.8. The minimum Gasteiger partial charge on any atom is -0.462 e. The predicted molar refractivity (Wildman–Crippen MR) is 191 cm³/mol. The number of sulfonamides is 1. The number of anilines is 2. The van der Waals surface area contributed by atoms with Crippen LogP contribution in [0.5, 0.6) is 11.6 Å². The van der Waals surface area contributed by atoms with E-state index < -0.39 is 10.0 Å². The van der Waals surface area contributed by atoms with Gasteiger partial charge in [-0.05, 0) is 66.4 Å². The summed E-state index contributed by atoms with van der Waals surface area (Å²) in [4.78, 5) is 24.1. The van der Waals surface area contributed by atoms with Crippen LogP contribution >= 0.6 is 23.2 Å². The van der Waals surface area contributed by atoms with Crippen LogP contribution in [0.4, 0.5) is 11.4 Å². The Hall–Kier alpha value is -4.49. The summed E-state index contributed by atoms with van der Waals surface area (Å²) in [6.45, 7) is 4.08. The van der Waals surface area contributed by atoms with Crippen molar-refractivity contribution < 1.29 is 27.4 Å². The molecule has 4 heterocycles. The van der Waals surface area contributed by atoms with Crippen LogP contribution in [-0.2, 0) is 37.1 Å². The quantitative estimate of drug-likeness (QED) is 0.200. The highest BCUT2D eigenvalue weighted by atomic mass is 35.5. The molecule has 50 heavy (non-hydrogen) atoms. The average Bonchev–Trinajstić information content (AvgIpc) is 3.80. The van der Waals surface area contributed by atoms with Crippen LogP contribution in [0.1, 0.15) is 11.1 Å². The summed E-state index contributed by atoms with van der Waals surface area (Å²) in [7, 11) is -3.89. The van der Waals surface area contributed by atoms with E-state index in [1.165, 1.54) is 30.0 Å². The number of halogens is 2. The molecule has 1 unspecified atom stereocenters. The fraction of sp³-hybridized carbons (Fsp3) is 0.278. The van der Waals surface area contributed by atoms with Crippen molar-refractivity contribution in [3.8, 4) is 11.6 Å². The number of ether oxygens (including phenoxy) is 3. The molecule has 1 atom stereocenters. The largest absolute Gasteiger partial charge is 0.462 e. The third kappa shape index (κ3) is 7.78. The van der Waals surface area contributed by atoms with Crippen molar-refractivity contribution in [3.05, 3.63) is 118 Å². The smallest absolute Gasteiger partial charge is 0.261 e. The highest BCUT2D eigenvalue weighted by molar-refractivity contribution is 7.92. The number of nitrogens with one attached hydrogen (secondary N) is 1. The van der Waals surface area contributed by atoms with E-state index in [1.54, 1.807) is 18.4 Å². The Morgan fingerprint density at radius 1 is 0.940 bits per heavy atom. The number of carbonyl (C=O) groups excluding carboxylic acids is 1. The zero-order valence-electron chi connectivity index (χ0n) is 27.0. The minimum atomic E-state index is -3.89. The van der Waals surface area contributed by atoms with Crippen LogP contribution in [0.2, 0.25) is 10.0 Å². The second-order valence-corrected chi connectivity index (χ2v) is 14.7. The van der Waals surface area contributed by atoms with Crippen LogP contribution in [0.25, 0.3) is 0 Å². The fourth-order valence-corrected chi connectivity index (χ4v) is 7.81. The van der Waals surface area contributed by atoms with Crippen LogP contribution in [-0.4, -0.2) is 81.2 Å². The summed E-state index contributed by atoms with van der Waals surface area (Å²) < 4.78 is 45.1. The number of aromatic nitrogens is 1. The normalized spacial score (nSPS) is 16.6. The number of rotatable bonds is 11. The third-order valence-corrected chi connectivity index (χ3v) is 11.1. The van der Waals surface area contributed by atoms with Crippen LogP contribution < -0.4 is 14.4 Å². The standard InChI is InChI=1S/C36H35Cl2N5O6S/c37-30-9-8-29(20-31(30)38)50(45,46)40-27-6-11-35(39-21-27)49-28-7-10-32-26(19-28)12-13-43(32)22-36(44)42-16-14-41(15-17-42)33(34-23-47-24-48-34)18-25-4-2-1-3-5-25/h1-11,19-21,23,33,40H,12-18,22,24H2. The van der Waals surface area contributed by atoms with E-state index in [-0.39, 0.29) is 39.4 Å². The van der Waals surface area contributed by atoms with Gasteiger partial charge < -0.3 is 24.0 Å². The summed E-state index contributed by atoms with van der Waals surface area (Å²) in [5.41, 5.74) is 3.59. The van der Waals surface area contributed by atoms with Gasteiger partial charge in [0.15, 0.2) is 5.76 Å². The Balaban J connectivity index is 0.922. The molecule has 1 saturated heterocycles. The molecule has 3 aliphatic rings. The van der Waals surface area contributed by atoms with Gasteiger partial charge in [-0.25, -0.2) is 13.4 Å². The molecule has 3 aromatic carbocycles. The molecule has 0 bridgehead atoms. The summed E-state index contributed by atoms with van der Waals surface area (Å²) >= 11 is 11.9. The first-order valence-corrected chi connectivity index (χ1v) is 18.5. The van der Waals surface area contributed by atoms with Crippen molar-refractivity contribution in [1.29, 1.82) is 0 Å². The molecule has 0 spiro atoms. The van der Waals surface area contributed by atoms with Gasteiger partial charge in [0.2, 0.25) is 18.6 Å². The van der Waals surface area contributed by atoms with Gasteiger partial charge >= 0.3 is 0 Å². The number of hydrogen-bond donors (Lipinski definition) is 1. The van der Waals surface area contributed by atoms with Gasteiger partial charge in [-0.1, -0.05) is 53.5 Å². The molecule has 14 heteroatoms. The molecule has 11 nitrogen and oxygen atoms in total. The molecule has 1 amide bonds. The highest BCUT2D eigenvalue weighted by Gasteiger charge is 2.32. The Morgan fingerprint density at radius 2 is 1.76 bits per heavy atom. The van der Waals surface area contributed by atoms with Gasteiger partial charge in [0.05, 0.1) is 39.4 Å². The Kier molecular flexibility index (Phi) is 10.0. The summed E-state index contributed by atoms with van der Waals surface area (Å²) in [5.74, 6) is 1.85. The molecule has 1 fully saturated rings. The number of pyridine rings is 1. The lowest BCUT2D eigenvalue weighted by Gasteiger charge is -2.39. The molecule has 1 N–H and O–H groups in total. The SMILES string of the molecule is O=C(CN1CCc2cc(Oc3ccc(NS(=O)(=O)c4ccc(Cl)c(Cl)c4)cn3)ccc21)N1CCN(C(Cc2ccccc2)C2=COCO2)CC1. The van der Waals surface area contributed by atoms with Crippen molar-refractivity contribution >= 4 is 50.5 Å². The fourth-order valence-electron chi connectivity index (χ4n) is 6.37. The number of piperazine rings is 1. The number of hydrogen-bond acceptors (Lipinski definition) is 9. The molecule has 4 aromatic rings. The van der Waals surface area contributed by atoms with E-state index >= 15 is 0 Å². The van der Waals surface area contributed by atoms with Gasteiger partial charge in [-0.3, -0.25) is 14.4 Å². The molecule has 0 radical (unpaired) electrons. The van der Waals surface area contributed by atoms with Gasteiger partial charge in [-0.15, -0.1) is 0 Å². The van der Waals surface area contributed by atoms with E-state index in [9.17, 15) is 13.2 Å². The van der Waals surface area contributed by atoms with Crippen LogP contribution in [0.3, 0.4) is 0 Å². The van der Waals surface area contributed by atoms with E-state index in [0.717, 1.165) is 49.5 Å². The maximum atomic E-state index is 13.4. The zero-order chi connectivity index (χ0) is 34.7. The summed E-state index contributed by atoms with van der Waals surface area (Å²) in [6, 6.07) is 23.4. The molecule has 1 aromatic heterocycles. The molecular formula is C36H35Cl2N5O6S. The molecule has 7 rings (SSSR count).